The van der Waals surface area contributed by atoms with Crippen molar-refractivity contribution in [2.75, 3.05) is 6.61 Å². The van der Waals surface area contributed by atoms with Gasteiger partial charge >= 0.3 is 0 Å². The number of rotatable bonds is 0. The molecule has 0 aromatic carbocycles. The predicted molar refractivity (Wildman–Crippen MR) is 68.8 cm³/mol. The van der Waals surface area contributed by atoms with Crippen LogP contribution < -0.4 is 0 Å². The Balaban J connectivity index is 2.08. The second kappa shape index (κ2) is 3.81. The van der Waals surface area contributed by atoms with Gasteiger partial charge < -0.3 is 14.9 Å². The van der Waals surface area contributed by atoms with Crippen LogP contribution in [0.15, 0.2) is 11.6 Å². The third-order valence-electron chi connectivity index (χ3n) is 5.75. The van der Waals surface area contributed by atoms with E-state index in [2.05, 4.69) is 20.8 Å². The van der Waals surface area contributed by atoms with Gasteiger partial charge in [-0.2, -0.15) is 0 Å². The third-order valence-corrected chi connectivity index (χ3v) is 5.75. The molecule has 2 fully saturated rings. The van der Waals surface area contributed by atoms with Gasteiger partial charge in [0.05, 0.1) is 12.7 Å². The maximum absolute atomic E-state index is 10.8. The summed E-state index contributed by atoms with van der Waals surface area (Å²) in [6.07, 6.45) is 4.02. The molecule has 1 heterocycles. The third kappa shape index (κ3) is 1.47. The molecule has 2 N–H and O–H groups in total. The Morgan fingerprint density at radius 1 is 1.39 bits per heavy atom. The summed E-state index contributed by atoms with van der Waals surface area (Å²) in [4.78, 5) is 0. The smallest absolute Gasteiger partial charge is 0.169 e. The summed E-state index contributed by atoms with van der Waals surface area (Å²) < 4.78 is 5.71. The van der Waals surface area contributed by atoms with Gasteiger partial charge in [0.2, 0.25) is 0 Å². The summed E-state index contributed by atoms with van der Waals surface area (Å²) in [5.74, 6) is -0.0235. The van der Waals surface area contributed by atoms with Crippen molar-refractivity contribution in [2.45, 2.75) is 51.9 Å². The van der Waals surface area contributed by atoms with Crippen LogP contribution in [0.25, 0.3) is 0 Å². The minimum Gasteiger partial charge on any atom is -0.389 e. The number of hydrogen-bond donors (Lipinski definition) is 2. The maximum atomic E-state index is 10.8. The topological polar surface area (TPSA) is 49.7 Å². The zero-order chi connectivity index (χ0) is 13.1. The number of allylic oxidation sites excluding steroid dienone is 1. The highest BCUT2D eigenvalue weighted by Crippen LogP contribution is 2.61. The summed E-state index contributed by atoms with van der Waals surface area (Å²) in [6, 6.07) is 0. The van der Waals surface area contributed by atoms with Crippen LogP contribution in [0.3, 0.4) is 0 Å². The van der Waals surface area contributed by atoms with Gasteiger partial charge in [0, 0.05) is 12.3 Å². The van der Waals surface area contributed by atoms with Crippen molar-refractivity contribution < 1.29 is 14.9 Å². The minimum absolute atomic E-state index is 0.0256. The van der Waals surface area contributed by atoms with E-state index >= 15 is 0 Å². The monoisotopic (exact) mass is 252 g/mol. The van der Waals surface area contributed by atoms with E-state index in [4.69, 9.17) is 4.74 Å². The largest absolute Gasteiger partial charge is 0.389 e. The lowest BCUT2D eigenvalue weighted by molar-refractivity contribution is -0.232. The van der Waals surface area contributed by atoms with Crippen molar-refractivity contribution in [3.05, 3.63) is 11.6 Å². The first-order valence-electron chi connectivity index (χ1n) is 7.13. The second-order valence-corrected chi connectivity index (χ2v) is 6.79. The molecule has 3 aliphatic rings. The van der Waals surface area contributed by atoms with E-state index in [0.717, 1.165) is 12.8 Å². The average Bonchev–Trinajstić information content (AvgIpc) is 2.59. The molecule has 0 amide bonds. The van der Waals surface area contributed by atoms with Crippen LogP contribution in [-0.2, 0) is 4.74 Å². The van der Waals surface area contributed by atoms with Crippen LogP contribution in [0.2, 0.25) is 0 Å². The van der Waals surface area contributed by atoms with E-state index in [1.165, 1.54) is 5.57 Å². The molecule has 6 atom stereocenters. The van der Waals surface area contributed by atoms with Crippen molar-refractivity contribution >= 4 is 0 Å². The first-order chi connectivity index (χ1) is 8.38. The number of ether oxygens (including phenoxy) is 1. The standard InChI is InChI=1S/C15H24O3/c1-9-8-18-15(17)5-4-11-7-12(16)6-10(2)14(11,3)13(9)15/h7,9-10,12-13,16-17H,4-6,8H2,1-3H3. The molecule has 0 radical (unpaired) electrons. The molecule has 0 bridgehead atoms. The zero-order valence-corrected chi connectivity index (χ0v) is 11.5. The Morgan fingerprint density at radius 2 is 2.11 bits per heavy atom. The molecule has 18 heavy (non-hydrogen) atoms. The van der Waals surface area contributed by atoms with Crippen molar-refractivity contribution in [2.24, 2.45) is 23.2 Å². The molecule has 3 nitrogen and oxygen atoms in total. The van der Waals surface area contributed by atoms with Crippen molar-refractivity contribution in [1.29, 1.82) is 0 Å². The van der Waals surface area contributed by atoms with E-state index in [0.29, 0.717) is 24.9 Å². The zero-order valence-electron chi connectivity index (χ0n) is 11.5. The number of aliphatic hydroxyl groups excluding tert-OH is 1. The molecular weight excluding hydrogens is 228 g/mol. The van der Waals surface area contributed by atoms with Crippen LogP contribution in [0.5, 0.6) is 0 Å². The molecule has 102 valence electrons. The van der Waals surface area contributed by atoms with Gasteiger partial charge in [-0.25, -0.2) is 0 Å². The van der Waals surface area contributed by atoms with Gasteiger partial charge in [0.15, 0.2) is 5.79 Å². The number of aliphatic hydroxyl groups is 2. The van der Waals surface area contributed by atoms with Crippen molar-refractivity contribution in [3.8, 4) is 0 Å². The van der Waals surface area contributed by atoms with E-state index in [1.807, 2.05) is 6.08 Å². The molecule has 1 saturated carbocycles. The Hall–Kier alpha value is -0.380. The number of hydrogen-bond acceptors (Lipinski definition) is 3. The second-order valence-electron chi connectivity index (χ2n) is 6.79. The highest BCUT2D eigenvalue weighted by atomic mass is 16.6. The summed E-state index contributed by atoms with van der Waals surface area (Å²) in [6.45, 7) is 7.29. The van der Waals surface area contributed by atoms with Crippen LogP contribution in [0.4, 0.5) is 0 Å². The fourth-order valence-electron chi connectivity index (χ4n) is 4.77. The van der Waals surface area contributed by atoms with E-state index < -0.39 is 5.79 Å². The molecule has 3 rings (SSSR count). The fourth-order valence-corrected chi connectivity index (χ4v) is 4.77. The summed E-state index contributed by atoms with van der Waals surface area (Å²) >= 11 is 0. The Morgan fingerprint density at radius 3 is 2.83 bits per heavy atom. The fraction of sp³-hybridized carbons (Fsp3) is 0.867. The van der Waals surface area contributed by atoms with E-state index in [9.17, 15) is 10.2 Å². The van der Waals surface area contributed by atoms with Gasteiger partial charge in [0.25, 0.3) is 0 Å². The normalized spacial score (nSPS) is 55.7. The van der Waals surface area contributed by atoms with Crippen molar-refractivity contribution in [1.82, 2.24) is 0 Å². The van der Waals surface area contributed by atoms with Crippen molar-refractivity contribution in [3.63, 3.8) is 0 Å². The first kappa shape index (κ1) is 12.6. The van der Waals surface area contributed by atoms with E-state index in [-0.39, 0.29) is 17.4 Å². The highest BCUT2D eigenvalue weighted by Gasteiger charge is 2.61. The molecule has 3 heteroatoms. The SMILES string of the molecule is CC1COC2(O)CCC3=CC(O)CC(C)C3(C)C12. The molecule has 0 aromatic heterocycles. The molecule has 1 aliphatic heterocycles. The van der Waals surface area contributed by atoms with Crippen LogP contribution in [-0.4, -0.2) is 28.7 Å². The van der Waals surface area contributed by atoms with Crippen LogP contribution in [0.1, 0.15) is 40.0 Å². The molecule has 2 aliphatic carbocycles. The predicted octanol–water partition coefficient (Wildman–Crippen LogP) is 2.08. The van der Waals surface area contributed by atoms with Gasteiger partial charge in [-0.15, -0.1) is 0 Å². The first-order valence-corrected chi connectivity index (χ1v) is 7.13. The average molecular weight is 252 g/mol. The lowest BCUT2D eigenvalue weighted by atomic mass is 9.52. The van der Waals surface area contributed by atoms with Gasteiger partial charge in [-0.3, -0.25) is 0 Å². The summed E-state index contributed by atoms with van der Waals surface area (Å²) in [5.41, 5.74) is 1.31. The molecule has 6 unspecified atom stereocenters. The number of fused-ring (bicyclic) bond motifs is 3. The Kier molecular flexibility index (Phi) is 2.68. The van der Waals surface area contributed by atoms with E-state index in [1.54, 1.807) is 0 Å². The maximum Gasteiger partial charge on any atom is 0.169 e. The van der Waals surface area contributed by atoms with Crippen LogP contribution in [0, 0.1) is 23.2 Å². The summed E-state index contributed by atoms with van der Waals surface area (Å²) in [5, 5.41) is 20.7. The molecular formula is C15H24O3. The quantitative estimate of drug-likeness (QED) is 0.649. The van der Waals surface area contributed by atoms with Crippen LogP contribution >= 0.6 is 0 Å². The summed E-state index contributed by atoms with van der Waals surface area (Å²) in [7, 11) is 0. The van der Waals surface area contributed by atoms with Gasteiger partial charge in [-0.05, 0) is 30.1 Å². The molecule has 1 saturated heterocycles. The lowest BCUT2D eigenvalue weighted by Crippen LogP contribution is -2.54. The Bertz CT molecular complexity index is 391. The highest BCUT2D eigenvalue weighted by molar-refractivity contribution is 5.27. The lowest BCUT2D eigenvalue weighted by Gasteiger charge is -2.54. The Labute approximate surface area is 109 Å². The van der Waals surface area contributed by atoms with Gasteiger partial charge in [0.1, 0.15) is 0 Å². The molecule has 0 aromatic rings. The molecule has 0 spiro atoms. The van der Waals surface area contributed by atoms with Gasteiger partial charge in [-0.1, -0.05) is 32.4 Å². The minimum atomic E-state index is -0.942.